The first kappa shape index (κ1) is 10.4. The molecule has 1 heterocycles. The van der Waals surface area contributed by atoms with Crippen molar-refractivity contribution in [3.05, 3.63) is 58.5 Å². The number of hydrogen-bond acceptors (Lipinski definition) is 3. The molecule has 0 bridgehead atoms. The number of nitrogens with zero attached hydrogens (tertiary/aromatic N) is 1. The first-order chi connectivity index (χ1) is 7.72. The Kier molecular flexibility index (Phi) is 2.74. The van der Waals surface area contributed by atoms with Crippen molar-refractivity contribution in [2.75, 3.05) is 5.73 Å². The predicted octanol–water partition coefficient (Wildman–Crippen LogP) is 0.878. The molecule has 82 valence electrons. The van der Waals surface area contributed by atoms with E-state index in [0.29, 0.717) is 11.3 Å². The van der Waals surface area contributed by atoms with Gasteiger partial charge in [-0.25, -0.2) is 0 Å². The van der Waals surface area contributed by atoms with Crippen molar-refractivity contribution < 1.29 is 0 Å². The fourth-order valence-electron chi connectivity index (χ4n) is 1.59. The predicted molar refractivity (Wildman–Crippen MR) is 64.3 cm³/mol. The van der Waals surface area contributed by atoms with Crippen LogP contribution >= 0.6 is 0 Å². The summed E-state index contributed by atoms with van der Waals surface area (Å²) in [6.45, 7) is 0.191. The van der Waals surface area contributed by atoms with Crippen LogP contribution in [-0.2, 0) is 6.54 Å². The van der Waals surface area contributed by atoms with Crippen LogP contribution in [0.3, 0.4) is 0 Å². The largest absolute Gasteiger partial charge is 0.398 e. The smallest absolute Gasteiger partial charge is 0.259 e. The van der Waals surface area contributed by atoms with Crippen molar-refractivity contribution >= 4 is 5.69 Å². The van der Waals surface area contributed by atoms with E-state index in [2.05, 4.69) is 0 Å². The number of pyridine rings is 1. The van der Waals surface area contributed by atoms with Gasteiger partial charge < -0.3 is 11.5 Å². The average Bonchev–Trinajstić information content (AvgIpc) is 2.33. The van der Waals surface area contributed by atoms with Crippen LogP contribution in [-0.4, -0.2) is 4.57 Å². The Morgan fingerprint density at radius 1 is 1.19 bits per heavy atom. The summed E-state index contributed by atoms with van der Waals surface area (Å²) in [7, 11) is 0. The summed E-state index contributed by atoms with van der Waals surface area (Å²) in [6, 6.07) is 10.9. The maximum Gasteiger partial charge on any atom is 0.259 e. The Hall–Kier alpha value is -2.07. The molecule has 4 heteroatoms. The minimum atomic E-state index is -0.122. The third-order valence-corrected chi connectivity index (χ3v) is 2.37. The zero-order valence-corrected chi connectivity index (χ0v) is 8.76. The quantitative estimate of drug-likeness (QED) is 0.780. The van der Waals surface area contributed by atoms with Gasteiger partial charge in [0.1, 0.15) is 0 Å². The molecule has 0 spiro atoms. The molecule has 0 aliphatic heterocycles. The fraction of sp³-hybridized carbons (Fsp3) is 0.0833. The molecule has 0 radical (unpaired) electrons. The van der Waals surface area contributed by atoms with Crippen LogP contribution in [0.15, 0.2) is 47.4 Å². The first-order valence-corrected chi connectivity index (χ1v) is 4.99. The van der Waals surface area contributed by atoms with Crippen LogP contribution in [0.5, 0.6) is 0 Å². The molecular formula is C12H13N3O. The second-order valence-electron chi connectivity index (χ2n) is 3.51. The van der Waals surface area contributed by atoms with Crippen LogP contribution in [0.1, 0.15) is 5.56 Å². The Bertz CT molecular complexity index is 546. The second-order valence-corrected chi connectivity index (χ2v) is 3.51. The number of anilines is 1. The van der Waals surface area contributed by atoms with Gasteiger partial charge in [0.2, 0.25) is 0 Å². The molecule has 4 N–H and O–H groups in total. The number of para-hydroxylation sites is 1. The van der Waals surface area contributed by atoms with Gasteiger partial charge in [-0.05, 0) is 18.2 Å². The Balaban J connectivity index is 2.66. The molecule has 0 amide bonds. The molecule has 0 saturated heterocycles. The molecule has 2 aromatic rings. The lowest BCUT2D eigenvalue weighted by atomic mass is 10.2. The fourth-order valence-corrected chi connectivity index (χ4v) is 1.59. The summed E-state index contributed by atoms with van der Waals surface area (Å²) in [4.78, 5) is 12.0. The maximum absolute atomic E-state index is 12.0. The van der Waals surface area contributed by atoms with E-state index < -0.39 is 0 Å². The third kappa shape index (κ3) is 1.83. The number of benzene rings is 1. The van der Waals surface area contributed by atoms with E-state index in [1.165, 1.54) is 4.57 Å². The van der Waals surface area contributed by atoms with Crippen LogP contribution < -0.4 is 17.0 Å². The zero-order valence-electron chi connectivity index (χ0n) is 8.76. The molecule has 0 aliphatic rings. The lowest BCUT2D eigenvalue weighted by Gasteiger charge is -2.08. The molecule has 16 heavy (non-hydrogen) atoms. The summed E-state index contributed by atoms with van der Waals surface area (Å²) in [5.41, 5.74) is 12.9. The molecular weight excluding hydrogens is 202 g/mol. The van der Waals surface area contributed by atoms with Gasteiger partial charge in [0.15, 0.2) is 0 Å². The van der Waals surface area contributed by atoms with Crippen molar-refractivity contribution in [2.24, 2.45) is 5.73 Å². The van der Waals surface area contributed by atoms with E-state index in [9.17, 15) is 4.79 Å². The lowest BCUT2D eigenvalue weighted by Crippen LogP contribution is -2.24. The first-order valence-electron chi connectivity index (χ1n) is 4.99. The normalized spacial score (nSPS) is 10.3. The zero-order chi connectivity index (χ0) is 11.5. The van der Waals surface area contributed by atoms with E-state index in [0.717, 1.165) is 5.69 Å². The lowest BCUT2D eigenvalue weighted by molar-refractivity contribution is 0.928. The highest BCUT2D eigenvalue weighted by atomic mass is 16.1. The number of rotatable bonds is 2. The molecule has 0 atom stereocenters. The summed E-state index contributed by atoms with van der Waals surface area (Å²) < 4.78 is 1.51. The minimum absolute atomic E-state index is 0.122. The van der Waals surface area contributed by atoms with Crippen LogP contribution in [0, 0.1) is 0 Å². The highest BCUT2D eigenvalue weighted by Crippen LogP contribution is 2.08. The molecule has 0 aliphatic carbocycles. The van der Waals surface area contributed by atoms with Gasteiger partial charge in [-0.2, -0.15) is 0 Å². The van der Waals surface area contributed by atoms with Gasteiger partial charge in [-0.15, -0.1) is 0 Å². The Morgan fingerprint density at radius 2 is 1.88 bits per heavy atom. The van der Waals surface area contributed by atoms with Crippen molar-refractivity contribution in [1.29, 1.82) is 0 Å². The molecule has 0 fully saturated rings. The highest BCUT2D eigenvalue weighted by Gasteiger charge is 2.05. The second kappa shape index (κ2) is 4.20. The van der Waals surface area contributed by atoms with Crippen molar-refractivity contribution in [3.8, 4) is 5.69 Å². The standard InChI is InChI=1S/C12H13N3O/c13-7-9-6-10(14)8-15(12(9)16)11-4-2-1-3-5-11/h1-6,8H,7,13-14H2. The van der Waals surface area contributed by atoms with Gasteiger partial charge in [0.25, 0.3) is 5.56 Å². The van der Waals surface area contributed by atoms with E-state index >= 15 is 0 Å². The SMILES string of the molecule is NCc1cc(N)cn(-c2ccccc2)c1=O. The number of nitrogens with two attached hydrogens (primary N) is 2. The number of hydrogen-bond donors (Lipinski definition) is 2. The third-order valence-electron chi connectivity index (χ3n) is 2.37. The van der Waals surface area contributed by atoms with Gasteiger partial charge >= 0.3 is 0 Å². The summed E-state index contributed by atoms with van der Waals surface area (Å²) in [5, 5.41) is 0. The monoisotopic (exact) mass is 215 g/mol. The van der Waals surface area contributed by atoms with Crippen LogP contribution in [0.2, 0.25) is 0 Å². The van der Waals surface area contributed by atoms with E-state index in [4.69, 9.17) is 11.5 Å². The summed E-state index contributed by atoms with van der Waals surface area (Å²) >= 11 is 0. The molecule has 4 nitrogen and oxygen atoms in total. The Labute approximate surface area is 93.1 Å². The molecule has 0 saturated carbocycles. The van der Waals surface area contributed by atoms with E-state index in [1.54, 1.807) is 12.3 Å². The van der Waals surface area contributed by atoms with E-state index in [1.807, 2.05) is 30.3 Å². The van der Waals surface area contributed by atoms with Crippen molar-refractivity contribution in [3.63, 3.8) is 0 Å². The minimum Gasteiger partial charge on any atom is -0.398 e. The van der Waals surface area contributed by atoms with Crippen LogP contribution in [0.4, 0.5) is 5.69 Å². The topological polar surface area (TPSA) is 74.0 Å². The molecule has 1 aromatic carbocycles. The van der Waals surface area contributed by atoms with Gasteiger partial charge in [0, 0.05) is 29.7 Å². The van der Waals surface area contributed by atoms with Crippen molar-refractivity contribution in [1.82, 2.24) is 4.57 Å². The van der Waals surface area contributed by atoms with E-state index in [-0.39, 0.29) is 12.1 Å². The van der Waals surface area contributed by atoms with Crippen molar-refractivity contribution in [2.45, 2.75) is 6.54 Å². The Morgan fingerprint density at radius 3 is 2.50 bits per heavy atom. The van der Waals surface area contributed by atoms with Gasteiger partial charge in [0.05, 0.1) is 0 Å². The average molecular weight is 215 g/mol. The van der Waals surface area contributed by atoms with Gasteiger partial charge in [-0.3, -0.25) is 9.36 Å². The number of nitrogen functional groups attached to an aromatic ring is 1. The molecule has 1 aromatic heterocycles. The molecule has 0 unspecified atom stereocenters. The summed E-state index contributed by atoms with van der Waals surface area (Å²) in [5.74, 6) is 0. The number of aromatic nitrogens is 1. The molecule has 2 rings (SSSR count). The van der Waals surface area contributed by atoms with Crippen LogP contribution in [0.25, 0.3) is 5.69 Å². The highest BCUT2D eigenvalue weighted by molar-refractivity contribution is 5.43. The van der Waals surface area contributed by atoms with Gasteiger partial charge in [-0.1, -0.05) is 18.2 Å². The summed E-state index contributed by atoms with van der Waals surface area (Å²) in [6.07, 6.45) is 1.61. The maximum atomic E-state index is 12.0.